The van der Waals surface area contributed by atoms with Crippen molar-refractivity contribution >= 4 is 17.6 Å². The minimum atomic E-state index is 0.101. The molecular formula is C14H14N6O. The minimum absolute atomic E-state index is 0.101. The highest BCUT2D eigenvalue weighted by molar-refractivity contribution is 5.63. The smallest absolute Gasteiger partial charge is 0.238 e. The summed E-state index contributed by atoms with van der Waals surface area (Å²) >= 11 is 0. The molecule has 1 saturated heterocycles. The summed E-state index contributed by atoms with van der Waals surface area (Å²) in [5.41, 5.74) is 0.740. The van der Waals surface area contributed by atoms with E-state index in [9.17, 15) is 0 Å². The van der Waals surface area contributed by atoms with Crippen molar-refractivity contribution in [2.75, 3.05) is 30.4 Å². The van der Waals surface area contributed by atoms with Crippen molar-refractivity contribution in [2.45, 2.75) is 6.42 Å². The van der Waals surface area contributed by atoms with Gasteiger partial charge in [-0.1, -0.05) is 12.1 Å². The summed E-state index contributed by atoms with van der Waals surface area (Å²) in [6.07, 6.45) is 1.11. The largest absolute Gasteiger partial charge is 0.495 e. The normalized spacial score (nSPS) is 13.2. The second kappa shape index (κ2) is 5.63. The van der Waals surface area contributed by atoms with Gasteiger partial charge in [-0.2, -0.15) is 20.2 Å². The van der Waals surface area contributed by atoms with Gasteiger partial charge in [0.15, 0.2) is 0 Å². The van der Waals surface area contributed by atoms with E-state index in [0.717, 1.165) is 25.2 Å². The molecule has 3 rings (SSSR count). The first-order chi connectivity index (χ1) is 10.3. The number of methoxy groups -OCH3 is 1. The summed E-state index contributed by atoms with van der Waals surface area (Å²) in [4.78, 5) is 14.6. The molecule has 0 spiro atoms. The van der Waals surface area contributed by atoms with E-state index in [4.69, 9.17) is 10.00 Å². The van der Waals surface area contributed by atoms with Gasteiger partial charge in [-0.15, -0.1) is 0 Å². The number of hydrogen-bond donors (Lipinski definition) is 1. The van der Waals surface area contributed by atoms with Crippen LogP contribution in [0.25, 0.3) is 0 Å². The second-order valence-electron chi connectivity index (χ2n) is 4.56. The van der Waals surface area contributed by atoms with Crippen LogP contribution in [0.2, 0.25) is 0 Å². The third kappa shape index (κ3) is 2.69. The zero-order valence-electron chi connectivity index (χ0n) is 11.6. The number of aromatic nitrogens is 3. The monoisotopic (exact) mass is 282 g/mol. The average molecular weight is 282 g/mol. The van der Waals surface area contributed by atoms with E-state index in [0.29, 0.717) is 17.6 Å². The number of benzene rings is 1. The number of rotatable bonds is 4. The third-order valence-electron chi connectivity index (χ3n) is 3.22. The standard InChI is InChI=1S/C14H14N6O/c1-21-11-6-3-2-5-10(11)16-13-17-12(9-15)18-14(19-13)20-7-4-8-20/h2-3,5-6H,4,7-8H2,1H3,(H,16,17,18,19). The molecule has 0 aliphatic carbocycles. The first-order valence-electron chi connectivity index (χ1n) is 6.61. The van der Waals surface area contributed by atoms with Crippen molar-refractivity contribution in [2.24, 2.45) is 0 Å². The number of ether oxygens (including phenoxy) is 1. The maximum atomic E-state index is 9.05. The van der Waals surface area contributed by atoms with Crippen LogP contribution < -0.4 is 15.0 Å². The maximum absolute atomic E-state index is 9.05. The number of hydrogen-bond acceptors (Lipinski definition) is 7. The molecule has 1 aliphatic heterocycles. The first kappa shape index (κ1) is 13.1. The van der Waals surface area contributed by atoms with Crippen molar-refractivity contribution in [1.82, 2.24) is 15.0 Å². The van der Waals surface area contributed by atoms with Crippen LogP contribution in [0.15, 0.2) is 24.3 Å². The van der Waals surface area contributed by atoms with Crippen molar-refractivity contribution in [3.05, 3.63) is 30.1 Å². The number of nitrogens with one attached hydrogen (secondary N) is 1. The van der Waals surface area contributed by atoms with Crippen molar-refractivity contribution in [3.8, 4) is 11.8 Å². The van der Waals surface area contributed by atoms with Crippen LogP contribution in [0, 0.1) is 11.3 Å². The molecule has 1 aromatic heterocycles. The third-order valence-corrected chi connectivity index (χ3v) is 3.22. The molecule has 7 heteroatoms. The molecule has 7 nitrogen and oxygen atoms in total. The van der Waals surface area contributed by atoms with Crippen LogP contribution in [0.3, 0.4) is 0 Å². The predicted molar refractivity (Wildman–Crippen MR) is 77.6 cm³/mol. The summed E-state index contributed by atoms with van der Waals surface area (Å²) in [6.45, 7) is 1.81. The van der Waals surface area contributed by atoms with E-state index in [1.807, 2.05) is 35.2 Å². The summed E-state index contributed by atoms with van der Waals surface area (Å²) in [5, 5.41) is 12.1. The van der Waals surface area contributed by atoms with Crippen LogP contribution in [-0.2, 0) is 0 Å². The van der Waals surface area contributed by atoms with Crippen LogP contribution in [0.1, 0.15) is 12.2 Å². The Morgan fingerprint density at radius 3 is 2.71 bits per heavy atom. The molecule has 1 fully saturated rings. The lowest BCUT2D eigenvalue weighted by Gasteiger charge is -2.30. The summed E-state index contributed by atoms with van der Waals surface area (Å²) in [6, 6.07) is 9.42. The van der Waals surface area contributed by atoms with Gasteiger partial charge in [0.25, 0.3) is 0 Å². The number of nitriles is 1. The van der Waals surface area contributed by atoms with Gasteiger partial charge in [-0.05, 0) is 18.6 Å². The molecule has 2 aromatic rings. The Balaban J connectivity index is 1.92. The van der Waals surface area contributed by atoms with Crippen LogP contribution in [0.4, 0.5) is 17.6 Å². The molecule has 106 valence electrons. The fraction of sp³-hybridized carbons (Fsp3) is 0.286. The van der Waals surface area contributed by atoms with E-state index >= 15 is 0 Å². The predicted octanol–water partition coefficient (Wildman–Crippen LogP) is 1.71. The van der Waals surface area contributed by atoms with Gasteiger partial charge in [0.05, 0.1) is 12.8 Å². The minimum Gasteiger partial charge on any atom is -0.495 e. The summed E-state index contributed by atoms with van der Waals surface area (Å²) < 4.78 is 5.28. The lowest BCUT2D eigenvalue weighted by Crippen LogP contribution is -2.38. The molecule has 1 N–H and O–H groups in total. The van der Waals surface area contributed by atoms with Gasteiger partial charge in [-0.3, -0.25) is 0 Å². The van der Waals surface area contributed by atoms with Crippen LogP contribution in [0.5, 0.6) is 5.75 Å². The molecule has 2 heterocycles. The lowest BCUT2D eigenvalue weighted by atomic mass is 10.2. The second-order valence-corrected chi connectivity index (χ2v) is 4.56. The Kier molecular flexibility index (Phi) is 3.51. The van der Waals surface area contributed by atoms with E-state index in [2.05, 4.69) is 20.3 Å². The van der Waals surface area contributed by atoms with Gasteiger partial charge in [0, 0.05) is 13.1 Å². The van der Waals surface area contributed by atoms with Gasteiger partial charge >= 0.3 is 0 Å². The average Bonchev–Trinajstić information content (AvgIpc) is 2.46. The Bertz CT molecular complexity index is 692. The highest BCUT2D eigenvalue weighted by atomic mass is 16.5. The Morgan fingerprint density at radius 1 is 1.24 bits per heavy atom. The highest BCUT2D eigenvalue weighted by Crippen LogP contribution is 2.26. The molecule has 0 unspecified atom stereocenters. The SMILES string of the molecule is COc1ccccc1Nc1nc(C#N)nc(N2CCC2)n1. The van der Waals surface area contributed by atoms with Crippen molar-refractivity contribution in [3.63, 3.8) is 0 Å². The fourth-order valence-electron chi connectivity index (χ4n) is 2.00. The molecule has 1 aliphatic rings. The number of para-hydroxylation sites is 2. The van der Waals surface area contributed by atoms with Gasteiger partial charge < -0.3 is 15.0 Å². The van der Waals surface area contributed by atoms with E-state index in [-0.39, 0.29) is 5.82 Å². The molecule has 1 aromatic carbocycles. The first-order valence-corrected chi connectivity index (χ1v) is 6.61. The van der Waals surface area contributed by atoms with Gasteiger partial charge in [0.1, 0.15) is 11.8 Å². The molecule has 0 radical (unpaired) electrons. The van der Waals surface area contributed by atoms with E-state index < -0.39 is 0 Å². The summed E-state index contributed by atoms with van der Waals surface area (Å²) in [7, 11) is 1.60. The molecule has 21 heavy (non-hydrogen) atoms. The molecule has 0 atom stereocenters. The Hall–Kier alpha value is -2.88. The van der Waals surface area contributed by atoms with Gasteiger partial charge in [0.2, 0.25) is 17.7 Å². The molecular weight excluding hydrogens is 268 g/mol. The molecule has 0 bridgehead atoms. The zero-order chi connectivity index (χ0) is 14.7. The maximum Gasteiger partial charge on any atom is 0.238 e. The van der Waals surface area contributed by atoms with Crippen molar-refractivity contribution in [1.29, 1.82) is 5.26 Å². The quantitative estimate of drug-likeness (QED) is 0.913. The Morgan fingerprint density at radius 2 is 2.05 bits per heavy atom. The Labute approximate surface area is 122 Å². The topological polar surface area (TPSA) is 87.0 Å². The van der Waals surface area contributed by atoms with Gasteiger partial charge in [-0.25, -0.2) is 0 Å². The number of nitrogens with zero attached hydrogens (tertiary/aromatic N) is 5. The van der Waals surface area contributed by atoms with E-state index in [1.54, 1.807) is 7.11 Å². The van der Waals surface area contributed by atoms with Crippen molar-refractivity contribution < 1.29 is 4.74 Å². The van der Waals surface area contributed by atoms with Crippen LogP contribution >= 0.6 is 0 Å². The lowest BCUT2D eigenvalue weighted by molar-refractivity contribution is 0.417. The molecule has 0 amide bonds. The highest BCUT2D eigenvalue weighted by Gasteiger charge is 2.19. The zero-order valence-corrected chi connectivity index (χ0v) is 11.6. The van der Waals surface area contributed by atoms with E-state index in [1.165, 1.54) is 0 Å². The van der Waals surface area contributed by atoms with Crippen LogP contribution in [-0.4, -0.2) is 35.2 Å². The molecule has 0 saturated carbocycles. The summed E-state index contributed by atoms with van der Waals surface area (Å²) in [5.74, 6) is 1.66. The number of anilines is 3. The fourth-order valence-corrected chi connectivity index (χ4v) is 2.00.